The van der Waals surface area contributed by atoms with Crippen LogP contribution >= 0.6 is 0 Å². The Bertz CT molecular complexity index is 1450. The number of pyridine rings is 1. The molecule has 5 aromatic rings. The van der Waals surface area contributed by atoms with Crippen molar-refractivity contribution in [2.24, 2.45) is 5.92 Å². The molecule has 0 aliphatic rings. The quantitative estimate of drug-likeness (QED) is 0.283. The van der Waals surface area contributed by atoms with E-state index in [1.807, 2.05) is 12.5 Å². The van der Waals surface area contributed by atoms with E-state index in [9.17, 15) is 0 Å². The highest BCUT2D eigenvalue weighted by Gasteiger charge is 2.19. The van der Waals surface area contributed by atoms with Gasteiger partial charge in [-0.3, -0.25) is 4.98 Å². The molecule has 2 heterocycles. The first kappa shape index (κ1) is 21.5. The maximum atomic E-state index is 5.91. The van der Waals surface area contributed by atoms with Crippen LogP contribution in [0, 0.1) is 5.92 Å². The fraction of sp³-hybridized carbons (Fsp3) is 0.258. The van der Waals surface area contributed by atoms with Crippen LogP contribution in [-0.2, 0) is 11.8 Å². The Hall–Kier alpha value is -3.39. The molecule has 0 aliphatic carbocycles. The van der Waals surface area contributed by atoms with Gasteiger partial charge in [-0.15, -0.1) is 0 Å². The predicted molar refractivity (Wildman–Crippen MR) is 140 cm³/mol. The first-order valence-corrected chi connectivity index (χ1v) is 11.8. The van der Waals surface area contributed by atoms with E-state index in [0.717, 1.165) is 34.4 Å². The number of hydrogen-bond acceptors (Lipinski definition) is 2. The summed E-state index contributed by atoms with van der Waals surface area (Å²) in [6.07, 6.45) is 4.85. The Morgan fingerprint density at radius 1 is 0.818 bits per heavy atom. The zero-order chi connectivity index (χ0) is 23.2. The molecule has 2 aromatic heterocycles. The minimum absolute atomic E-state index is 0.0469. The summed E-state index contributed by atoms with van der Waals surface area (Å²) in [5.74, 6) is 0.605. The molecule has 2 nitrogen and oxygen atoms in total. The topological polar surface area (TPSA) is 26.0 Å². The lowest BCUT2D eigenvalue weighted by atomic mass is 9.82. The maximum absolute atomic E-state index is 5.91. The molecule has 0 bridgehead atoms. The van der Waals surface area contributed by atoms with Gasteiger partial charge in [-0.05, 0) is 81.1 Å². The predicted octanol–water partition coefficient (Wildman–Crippen LogP) is 8.81. The molecule has 2 heteroatoms. The van der Waals surface area contributed by atoms with Gasteiger partial charge in [-0.25, -0.2) is 0 Å². The van der Waals surface area contributed by atoms with Gasteiger partial charge in [0.1, 0.15) is 5.58 Å². The van der Waals surface area contributed by atoms with Gasteiger partial charge < -0.3 is 4.42 Å². The van der Waals surface area contributed by atoms with Crippen molar-refractivity contribution in [2.45, 2.75) is 46.5 Å². The first-order chi connectivity index (χ1) is 15.8. The van der Waals surface area contributed by atoms with E-state index >= 15 is 0 Å². The van der Waals surface area contributed by atoms with Crippen LogP contribution in [0.4, 0.5) is 0 Å². The normalized spacial score (nSPS) is 12.2. The first-order valence-electron chi connectivity index (χ1n) is 11.8. The standard InChI is InChI=1S/C31H31NO/c1-20(2)14-25-19-33-30-18-21(10-11-27(25)30)22-12-13-32-29(17-22)24-15-23-8-6-7-9-26(23)28(16-24)31(3,4)5/h6-13,15-20H,14H2,1-5H3. The molecule has 0 saturated heterocycles. The van der Waals surface area contributed by atoms with Crippen LogP contribution in [0.3, 0.4) is 0 Å². The van der Waals surface area contributed by atoms with Crippen molar-refractivity contribution in [1.29, 1.82) is 0 Å². The number of fused-ring (bicyclic) bond motifs is 2. The van der Waals surface area contributed by atoms with Gasteiger partial charge in [0.25, 0.3) is 0 Å². The number of rotatable bonds is 4. The van der Waals surface area contributed by atoms with Gasteiger partial charge >= 0.3 is 0 Å². The molecular formula is C31H31NO. The third-order valence-corrected chi connectivity index (χ3v) is 6.34. The van der Waals surface area contributed by atoms with Crippen LogP contribution in [0.25, 0.3) is 44.1 Å². The van der Waals surface area contributed by atoms with Crippen molar-refractivity contribution in [2.75, 3.05) is 0 Å². The molecular weight excluding hydrogens is 402 g/mol. The Morgan fingerprint density at radius 2 is 1.61 bits per heavy atom. The fourth-order valence-corrected chi connectivity index (χ4v) is 4.71. The minimum atomic E-state index is 0.0469. The third kappa shape index (κ3) is 4.18. The van der Waals surface area contributed by atoms with Gasteiger partial charge in [0.05, 0.1) is 12.0 Å². The second kappa shape index (κ2) is 8.19. The fourth-order valence-electron chi connectivity index (χ4n) is 4.71. The second-order valence-corrected chi connectivity index (χ2v) is 10.5. The summed E-state index contributed by atoms with van der Waals surface area (Å²) in [4.78, 5) is 4.74. The van der Waals surface area contributed by atoms with E-state index in [0.29, 0.717) is 5.92 Å². The van der Waals surface area contributed by atoms with Gasteiger partial charge in [0, 0.05) is 17.1 Å². The van der Waals surface area contributed by atoms with Crippen LogP contribution in [0.5, 0.6) is 0 Å². The molecule has 0 fully saturated rings. The summed E-state index contributed by atoms with van der Waals surface area (Å²) < 4.78 is 5.91. The molecule has 0 spiro atoms. The Kier molecular flexibility index (Phi) is 5.32. The van der Waals surface area contributed by atoms with Crippen LogP contribution in [0.1, 0.15) is 45.7 Å². The Morgan fingerprint density at radius 3 is 2.39 bits per heavy atom. The molecule has 0 aliphatic heterocycles. The van der Waals surface area contributed by atoms with Crippen LogP contribution in [0.15, 0.2) is 83.6 Å². The van der Waals surface area contributed by atoms with Crippen LogP contribution < -0.4 is 0 Å². The number of benzene rings is 3. The molecule has 0 atom stereocenters. The molecule has 0 unspecified atom stereocenters. The Labute approximate surface area is 196 Å². The largest absolute Gasteiger partial charge is 0.464 e. The van der Waals surface area contributed by atoms with Crippen molar-refractivity contribution < 1.29 is 4.42 Å². The third-order valence-electron chi connectivity index (χ3n) is 6.34. The maximum Gasteiger partial charge on any atom is 0.134 e. The van der Waals surface area contributed by atoms with E-state index in [4.69, 9.17) is 9.40 Å². The highest BCUT2D eigenvalue weighted by atomic mass is 16.3. The summed E-state index contributed by atoms with van der Waals surface area (Å²) in [5.41, 5.74) is 8.06. The van der Waals surface area contributed by atoms with Crippen molar-refractivity contribution in [3.8, 4) is 22.4 Å². The van der Waals surface area contributed by atoms with Gasteiger partial charge in [-0.2, -0.15) is 0 Å². The molecule has 33 heavy (non-hydrogen) atoms. The molecule has 0 amide bonds. The number of nitrogens with zero attached hydrogens (tertiary/aromatic N) is 1. The number of hydrogen-bond donors (Lipinski definition) is 0. The average Bonchev–Trinajstić information content (AvgIpc) is 3.19. The van der Waals surface area contributed by atoms with Crippen molar-refractivity contribution in [3.05, 3.63) is 90.3 Å². The van der Waals surface area contributed by atoms with Gasteiger partial charge in [0.15, 0.2) is 0 Å². The van der Waals surface area contributed by atoms with Crippen LogP contribution in [0.2, 0.25) is 0 Å². The second-order valence-electron chi connectivity index (χ2n) is 10.5. The molecule has 0 radical (unpaired) electrons. The van der Waals surface area contributed by atoms with Crippen molar-refractivity contribution in [3.63, 3.8) is 0 Å². The SMILES string of the molecule is CC(C)Cc1coc2cc(-c3ccnc(-c4cc(C(C)(C)C)c5ccccc5c4)c3)ccc12. The zero-order valence-corrected chi connectivity index (χ0v) is 20.1. The van der Waals surface area contributed by atoms with Gasteiger partial charge in [-0.1, -0.05) is 71.0 Å². The number of aromatic nitrogens is 1. The molecule has 3 aromatic carbocycles. The highest BCUT2D eigenvalue weighted by molar-refractivity contribution is 5.91. The van der Waals surface area contributed by atoms with E-state index in [1.54, 1.807) is 0 Å². The van der Waals surface area contributed by atoms with E-state index in [1.165, 1.54) is 27.3 Å². The lowest BCUT2D eigenvalue weighted by Gasteiger charge is -2.22. The molecule has 5 rings (SSSR count). The van der Waals surface area contributed by atoms with Gasteiger partial charge in [0.2, 0.25) is 0 Å². The highest BCUT2D eigenvalue weighted by Crippen LogP contribution is 2.35. The minimum Gasteiger partial charge on any atom is -0.464 e. The molecule has 166 valence electrons. The smallest absolute Gasteiger partial charge is 0.134 e. The van der Waals surface area contributed by atoms with Crippen molar-refractivity contribution in [1.82, 2.24) is 4.98 Å². The number of furan rings is 1. The summed E-state index contributed by atoms with van der Waals surface area (Å²) >= 11 is 0. The molecule has 0 saturated carbocycles. The lowest BCUT2D eigenvalue weighted by molar-refractivity contribution is 0.594. The molecule has 0 N–H and O–H groups in total. The summed E-state index contributed by atoms with van der Waals surface area (Å²) in [5, 5.41) is 3.78. The average molecular weight is 434 g/mol. The summed E-state index contributed by atoms with van der Waals surface area (Å²) in [7, 11) is 0. The zero-order valence-electron chi connectivity index (χ0n) is 20.1. The Balaban J connectivity index is 1.58. The van der Waals surface area contributed by atoms with E-state index in [-0.39, 0.29) is 5.41 Å². The summed E-state index contributed by atoms with van der Waals surface area (Å²) in [6.45, 7) is 11.3. The lowest BCUT2D eigenvalue weighted by Crippen LogP contribution is -2.12. The monoisotopic (exact) mass is 433 g/mol. The summed E-state index contributed by atoms with van der Waals surface area (Å²) in [6, 6.07) is 24.0. The van der Waals surface area contributed by atoms with Crippen molar-refractivity contribution >= 4 is 21.7 Å². The van der Waals surface area contributed by atoms with E-state index in [2.05, 4.69) is 101 Å². The van der Waals surface area contributed by atoms with Crippen LogP contribution in [-0.4, -0.2) is 4.98 Å². The van der Waals surface area contributed by atoms with E-state index < -0.39 is 0 Å².